The summed E-state index contributed by atoms with van der Waals surface area (Å²) in [5, 5.41) is 6.15. The summed E-state index contributed by atoms with van der Waals surface area (Å²) in [5.74, 6) is 0.703. The third kappa shape index (κ3) is 5.82. The Morgan fingerprint density at radius 1 is 1.08 bits per heavy atom. The van der Waals surface area contributed by atoms with Crippen molar-refractivity contribution in [1.29, 1.82) is 0 Å². The number of carbonyl (C=O) groups is 1. The molecule has 0 aliphatic rings. The lowest BCUT2D eigenvalue weighted by Crippen LogP contribution is -2.22. The van der Waals surface area contributed by atoms with Gasteiger partial charge in [0.15, 0.2) is 0 Å². The van der Waals surface area contributed by atoms with Crippen LogP contribution in [0.3, 0.4) is 0 Å². The van der Waals surface area contributed by atoms with E-state index in [1.54, 1.807) is 0 Å². The van der Waals surface area contributed by atoms with E-state index in [0.29, 0.717) is 6.61 Å². The minimum Gasteiger partial charge on any atom is -0.494 e. The minimum atomic E-state index is -0.0786. The zero-order chi connectivity index (χ0) is 18.2. The maximum absolute atomic E-state index is 12.2. The molecule has 0 unspecified atom stereocenters. The molecule has 0 heterocycles. The highest BCUT2D eigenvalue weighted by Gasteiger charge is 2.07. The quantitative estimate of drug-likeness (QED) is 0.676. The molecule has 1 amide bonds. The highest BCUT2D eigenvalue weighted by Crippen LogP contribution is 2.22. The molecule has 2 rings (SSSR count). The Labute approximate surface area is 150 Å². The van der Waals surface area contributed by atoms with Crippen molar-refractivity contribution >= 4 is 17.3 Å². The van der Waals surface area contributed by atoms with Crippen LogP contribution in [0.1, 0.15) is 36.5 Å². The van der Waals surface area contributed by atoms with Crippen LogP contribution < -0.4 is 15.4 Å². The molecule has 0 saturated carbocycles. The molecule has 0 atom stereocenters. The summed E-state index contributed by atoms with van der Waals surface area (Å²) in [6.45, 7) is 9.23. The molecule has 0 spiro atoms. The van der Waals surface area contributed by atoms with Gasteiger partial charge in [-0.05, 0) is 50.5 Å². The van der Waals surface area contributed by atoms with Gasteiger partial charge < -0.3 is 15.4 Å². The Bertz CT molecular complexity index is 703. The van der Waals surface area contributed by atoms with Gasteiger partial charge in [0.05, 0.1) is 13.2 Å². The number of carbonyl (C=O) groups excluding carboxylic acids is 1. The second-order valence-corrected chi connectivity index (χ2v) is 6.41. The highest BCUT2D eigenvalue weighted by atomic mass is 16.5. The van der Waals surface area contributed by atoms with Crippen LogP contribution in [0.25, 0.3) is 0 Å². The SMILES string of the molecule is CCCCOc1cccc(NC(=O)CNc2c(C)cc(C)cc2C)c1. The van der Waals surface area contributed by atoms with E-state index < -0.39 is 0 Å². The van der Waals surface area contributed by atoms with Crippen molar-refractivity contribution in [2.24, 2.45) is 0 Å². The van der Waals surface area contributed by atoms with Gasteiger partial charge in [0, 0.05) is 17.4 Å². The Kier molecular flexibility index (Phi) is 6.87. The molecule has 0 bridgehead atoms. The molecule has 25 heavy (non-hydrogen) atoms. The van der Waals surface area contributed by atoms with Gasteiger partial charge in [0.2, 0.25) is 5.91 Å². The number of anilines is 2. The molecule has 0 aliphatic heterocycles. The summed E-state index contributed by atoms with van der Waals surface area (Å²) >= 11 is 0. The number of amides is 1. The number of ether oxygens (including phenoxy) is 1. The van der Waals surface area contributed by atoms with Crippen molar-refractivity contribution in [1.82, 2.24) is 0 Å². The lowest BCUT2D eigenvalue weighted by atomic mass is 10.1. The summed E-state index contributed by atoms with van der Waals surface area (Å²) < 4.78 is 5.67. The summed E-state index contributed by atoms with van der Waals surface area (Å²) in [4.78, 5) is 12.2. The van der Waals surface area contributed by atoms with Crippen LogP contribution >= 0.6 is 0 Å². The lowest BCUT2D eigenvalue weighted by Gasteiger charge is -2.14. The summed E-state index contributed by atoms with van der Waals surface area (Å²) in [5.41, 5.74) is 5.30. The molecule has 134 valence electrons. The number of rotatable bonds is 8. The molecular weight excluding hydrogens is 312 g/mol. The third-order valence-electron chi connectivity index (χ3n) is 3.99. The Balaban J connectivity index is 1.91. The first-order valence-corrected chi connectivity index (χ1v) is 8.84. The fourth-order valence-electron chi connectivity index (χ4n) is 2.83. The van der Waals surface area contributed by atoms with Crippen LogP contribution in [0.5, 0.6) is 5.75 Å². The van der Waals surface area contributed by atoms with E-state index in [4.69, 9.17) is 4.74 Å². The molecule has 0 radical (unpaired) electrons. The normalized spacial score (nSPS) is 10.4. The molecule has 4 nitrogen and oxygen atoms in total. The van der Waals surface area contributed by atoms with Gasteiger partial charge in [0.25, 0.3) is 0 Å². The first-order valence-electron chi connectivity index (χ1n) is 8.84. The van der Waals surface area contributed by atoms with Crippen molar-refractivity contribution in [2.75, 3.05) is 23.8 Å². The van der Waals surface area contributed by atoms with Crippen LogP contribution in [0, 0.1) is 20.8 Å². The van der Waals surface area contributed by atoms with Gasteiger partial charge in [0.1, 0.15) is 5.75 Å². The lowest BCUT2D eigenvalue weighted by molar-refractivity contribution is -0.114. The molecule has 2 aromatic rings. The molecular formula is C21H28N2O2. The fraction of sp³-hybridized carbons (Fsp3) is 0.381. The predicted molar refractivity (Wildman–Crippen MR) is 105 cm³/mol. The largest absolute Gasteiger partial charge is 0.494 e. The van der Waals surface area contributed by atoms with Crippen LogP contribution in [-0.2, 0) is 4.79 Å². The van der Waals surface area contributed by atoms with E-state index >= 15 is 0 Å². The van der Waals surface area contributed by atoms with Gasteiger partial charge in [-0.25, -0.2) is 0 Å². The van der Waals surface area contributed by atoms with Crippen molar-refractivity contribution in [2.45, 2.75) is 40.5 Å². The molecule has 0 aromatic heterocycles. The second kappa shape index (κ2) is 9.11. The molecule has 0 fully saturated rings. The number of hydrogen-bond donors (Lipinski definition) is 2. The number of benzene rings is 2. The van der Waals surface area contributed by atoms with E-state index in [1.165, 1.54) is 5.56 Å². The zero-order valence-corrected chi connectivity index (χ0v) is 15.6. The summed E-state index contributed by atoms with van der Waals surface area (Å²) in [6.07, 6.45) is 2.12. The Morgan fingerprint density at radius 3 is 2.48 bits per heavy atom. The second-order valence-electron chi connectivity index (χ2n) is 6.41. The Hall–Kier alpha value is -2.49. The molecule has 4 heteroatoms. The predicted octanol–water partition coefficient (Wildman–Crippen LogP) is 4.84. The minimum absolute atomic E-state index is 0.0786. The van der Waals surface area contributed by atoms with Crippen LogP contribution in [-0.4, -0.2) is 19.1 Å². The van der Waals surface area contributed by atoms with Crippen LogP contribution in [0.4, 0.5) is 11.4 Å². The monoisotopic (exact) mass is 340 g/mol. The van der Waals surface area contributed by atoms with Crippen molar-refractivity contribution in [3.63, 3.8) is 0 Å². The number of nitrogens with one attached hydrogen (secondary N) is 2. The van der Waals surface area contributed by atoms with Crippen molar-refractivity contribution < 1.29 is 9.53 Å². The Morgan fingerprint density at radius 2 is 1.80 bits per heavy atom. The number of unbranched alkanes of at least 4 members (excludes halogenated alkanes) is 1. The molecule has 2 N–H and O–H groups in total. The molecule has 0 saturated heterocycles. The maximum Gasteiger partial charge on any atom is 0.243 e. The zero-order valence-electron chi connectivity index (χ0n) is 15.6. The molecule has 2 aromatic carbocycles. The van der Waals surface area contributed by atoms with E-state index in [-0.39, 0.29) is 12.5 Å². The van der Waals surface area contributed by atoms with E-state index in [2.05, 4.69) is 50.5 Å². The van der Waals surface area contributed by atoms with Gasteiger partial charge in [-0.3, -0.25) is 4.79 Å². The first-order chi connectivity index (χ1) is 12.0. The fourth-order valence-corrected chi connectivity index (χ4v) is 2.83. The van der Waals surface area contributed by atoms with Crippen molar-refractivity contribution in [3.8, 4) is 5.75 Å². The van der Waals surface area contributed by atoms with E-state index in [9.17, 15) is 4.79 Å². The van der Waals surface area contributed by atoms with Crippen molar-refractivity contribution in [3.05, 3.63) is 53.1 Å². The number of aryl methyl sites for hydroxylation is 3. The average molecular weight is 340 g/mol. The van der Waals surface area contributed by atoms with Gasteiger partial charge in [-0.1, -0.05) is 37.1 Å². The molecule has 0 aliphatic carbocycles. The smallest absolute Gasteiger partial charge is 0.243 e. The van der Waals surface area contributed by atoms with Gasteiger partial charge in [-0.2, -0.15) is 0 Å². The van der Waals surface area contributed by atoms with E-state index in [1.807, 2.05) is 24.3 Å². The van der Waals surface area contributed by atoms with Crippen LogP contribution in [0.2, 0.25) is 0 Å². The summed E-state index contributed by atoms with van der Waals surface area (Å²) in [6, 6.07) is 11.7. The van der Waals surface area contributed by atoms with Gasteiger partial charge in [-0.15, -0.1) is 0 Å². The standard InChI is InChI=1S/C21H28N2O2/c1-5-6-10-25-19-9-7-8-18(13-19)23-20(24)14-22-21-16(3)11-15(2)12-17(21)4/h7-9,11-13,22H,5-6,10,14H2,1-4H3,(H,23,24). The van der Waals surface area contributed by atoms with Gasteiger partial charge >= 0.3 is 0 Å². The first kappa shape index (κ1) is 18.8. The number of hydrogen-bond acceptors (Lipinski definition) is 3. The van der Waals surface area contributed by atoms with Crippen LogP contribution in [0.15, 0.2) is 36.4 Å². The van der Waals surface area contributed by atoms with E-state index in [0.717, 1.165) is 41.1 Å². The maximum atomic E-state index is 12.2. The average Bonchev–Trinajstić information content (AvgIpc) is 2.54. The topological polar surface area (TPSA) is 50.4 Å². The summed E-state index contributed by atoms with van der Waals surface area (Å²) in [7, 11) is 0. The highest BCUT2D eigenvalue weighted by molar-refractivity contribution is 5.94. The third-order valence-corrected chi connectivity index (χ3v) is 3.99.